The van der Waals surface area contributed by atoms with Crippen molar-refractivity contribution in [1.29, 1.82) is 0 Å². The molecule has 0 radical (unpaired) electrons. The molecule has 5 fully saturated rings. The lowest BCUT2D eigenvalue weighted by Crippen LogP contribution is -2.82. The quantitative estimate of drug-likeness (QED) is 0.774. The molecule has 9 atom stereocenters. The van der Waals surface area contributed by atoms with E-state index in [2.05, 4.69) is 27.7 Å². The Kier molecular flexibility index (Phi) is 3.30. The van der Waals surface area contributed by atoms with Crippen LogP contribution in [0.15, 0.2) is 0 Å². The third kappa shape index (κ3) is 1.44. The Morgan fingerprint density at radius 1 is 1.12 bits per heavy atom. The number of Topliss-reactive ketones (excluding diaryl/α,β-unsaturated/α-hetero) is 1. The summed E-state index contributed by atoms with van der Waals surface area (Å²) in [4.78, 5) is 13.9. The highest BCUT2D eigenvalue weighted by Crippen LogP contribution is 2.77. The summed E-state index contributed by atoms with van der Waals surface area (Å²) >= 11 is 0. The van der Waals surface area contributed by atoms with Crippen molar-refractivity contribution in [3.8, 4) is 0 Å². The molecule has 3 heteroatoms. The maximum absolute atomic E-state index is 13.9. The summed E-state index contributed by atoms with van der Waals surface area (Å²) in [6.45, 7) is 12.9. The Bertz CT molecular complexity index is 582. The second kappa shape index (κ2) is 4.65. The molecule has 1 spiro atoms. The maximum atomic E-state index is 13.9. The van der Waals surface area contributed by atoms with Gasteiger partial charge in [0.05, 0.1) is 11.5 Å². The summed E-state index contributed by atoms with van der Waals surface area (Å²) < 4.78 is 0. The minimum atomic E-state index is -1.23. The molecular formula is C21H34O3. The monoisotopic (exact) mass is 334 g/mol. The average Bonchev–Trinajstić information content (AvgIpc) is 2.79. The summed E-state index contributed by atoms with van der Waals surface area (Å²) in [6.07, 6.45) is 2.19. The van der Waals surface area contributed by atoms with Crippen molar-refractivity contribution in [2.24, 2.45) is 52.3 Å². The molecule has 5 rings (SSSR count). The molecule has 0 aromatic rings. The van der Waals surface area contributed by atoms with E-state index in [9.17, 15) is 15.0 Å². The fraction of sp³-hybridized carbons (Fsp3) is 0.952. The van der Waals surface area contributed by atoms with Crippen molar-refractivity contribution >= 4 is 5.78 Å². The standard InChI is InChI=1S/C21H34O3/c1-10(2)15-14-9-11(3)13-8-7-12(4)21(24)17(22)16(15)19(5,6)18(23)20(13,14)21/h10-17,22,24H,7-9H2,1-6H3/t11-,12-,13+,14-,15-,16?,17-,20+,21+/m0/s1. The molecule has 0 amide bonds. The van der Waals surface area contributed by atoms with Crippen LogP contribution in [-0.2, 0) is 4.79 Å². The largest absolute Gasteiger partial charge is 0.390 e. The van der Waals surface area contributed by atoms with E-state index in [1.807, 2.05) is 13.8 Å². The first-order chi connectivity index (χ1) is 11.0. The van der Waals surface area contributed by atoms with E-state index >= 15 is 0 Å². The number of ketones is 1. The van der Waals surface area contributed by atoms with Gasteiger partial charge in [-0.25, -0.2) is 0 Å². The Hall–Kier alpha value is -0.410. The van der Waals surface area contributed by atoms with E-state index in [-0.39, 0.29) is 29.5 Å². The normalized spacial score (nSPS) is 58.2. The van der Waals surface area contributed by atoms with Crippen LogP contribution in [-0.4, -0.2) is 27.7 Å². The van der Waals surface area contributed by atoms with Crippen LogP contribution in [0, 0.1) is 52.3 Å². The number of aliphatic hydroxyl groups is 2. The fourth-order valence-electron chi connectivity index (χ4n) is 8.33. The van der Waals surface area contributed by atoms with Gasteiger partial charge in [0.1, 0.15) is 11.4 Å². The molecule has 0 aliphatic heterocycles. The predicted octanol–water partition coefficient (Wildman–Crippen LogP) is 3.28. The van der Waals surface area contributed by atoms with Crippen molar-refractivity contribution < 1.29 is 15.0 Å². The maximum Gasteiger partial charge on any atom is 0.148 e. The van der Waals surface area contributed by atoms with E-state index in [0.29, 0.717) is 17.8 Å². The van der Waals surface area contributed by atoms with Crippen molar-refractivity contribution in [2.75, 3.05) is 0 Å². The zero-order valence-electron chi connectivity index (χ0n) is 16.0. The molecule has 5 aliphatic rings. The van der Waals surface area contributed by atoms with E-state index in [1.165, 1.54) is 0 Å². The van der Waals surface area contributed by atoms with Crippen LogP contribution in [0.3, 0.4) is 0 Å². The van der Waals surface area contributed by atoms with Crippen molar-refractivity contribution in [2.45, 2.75) is 72.5 Å². The van der Waals surface area contributed by atoms with Gasteiger partial charge >= 0.3 is 0 Å². The molecule has 5 aliphatic carbocycles. The van der Waals surface area contributed by atoms with Gasteiger partial charge in [0.15, 0.2) is 0 Å². The van der Waals surface area contributed by atoms with Gasteiger partial charge in [0, 0.05) is 11.3 Å². The summed E-state index contributed by atoms with van der Waals surface area (Å²) in [6, 6.07) is 0. The minimum Gasteiger partial charge on any atom is -0.390 e. The van der Waals surface area contributed by atoms with Crippen LogP contribution >= 0.6 is 0 Å². The molecule has 1 unspecified atom stereocenters. The Morgan fingerprint density at radius 2 is 1.75 bits per heavy atom. The zero-order chi connectivity index (χ0) is 17.8. The highest BCUT2D eigenvalue weighted by atomic mass is 16.3. The Balaban J connectivity index is 2.04. The summed E-state index contributed by atoms with van der Waals surface area (Å²) in [5.74, 6) is 1.79. The molecule has 0 heterocycles. The molecule has 2 bridgehead atoms. The zero-order valence-corrected chi connectivity index (χ0v) is 16.0. The van der Waals surface area contributed by atoms with E-state index in [4.69, 9.17) is 0 Å². The molecule has 0 aromatic carbocycles. The average molecular weight is 335 g/mol. The van der Waals surface area contributed by atoms with Crippen molar-refractivity contribution in [1.82, 2.24) is 0 Å². The Morgan fingerprint density at radius 3 is 2.33 bits per heavy atom. The molecule has 0 aromatic heterocycles. The first-order valence-corrected chi connectivity index (χ1v) is 9.99. The van der Waals surface area contributed by atoms with E-state index in [0.717, 1.165) is 19.3 Å². The summed E-state index contributed by atoms with van der Waals surface area (Å²) in [5.41, 5.74) is -2.50. The number of carbonyl (C=O) groups excluding carboxylic acids is 1. The van der Waals surface area contributed by atoms with Crippen LogP contribution < -0.4 is 0 Å². The van der Waals surface area contributed by atoms with Gasteiger partial charge in [0.2, 0.25) is 0 Å². The molecule has 2 N–H and O–H groups in total. The highest BCUT2D eigenvalue weighted by Gasteiger charge is 2.83. The first-order valence-electron chi connectivity index (χ1n) is 9.99. The summed E-state index contributed by atoms with van der Waals surface area (Å²) in [7, 11) is 0. The van der Waals surface area contributed by atoms with Crippen LogP contribution in [0.1, 0.15) is 60.8 Å². The molecular weight excluding hydrogens is 300 g/mol. The van der Waals surface area contributed by atoms with Gasteiger partial charge in [-0.15, -0.1) is 0 Å². The fourth-order valence-corrected chi connectivity index (χ4v) is 8.33. The highest BCUT2D eigenvalue weighted by molar-refractivity contribution is 5.95. The SMILES string of the molecule is CC(C)[C@@H]1C2[C@H](O)[C@]3(O)[C@@H](C)CC[C@@H]4[C@@H](C)C[C@@H]1[C@@]43C(=O)C2(C)C. The van der Waals surface area contributed by atoms with Gasteiger partial charge < -0.3 is 10.2 Å². The number of carbonyl (C=O) groups is 1. The number of hydrogen-bond acceptors (Lipinski definition) is 3. The third-order valence-electron chi connectivity index (χ3n) is 9.04. The first kappa shape index (κ1) is 17.0. The molecule has 5 saturated carbocycles. The van der Waals surface area contributed by atoms with Crippen LogP contribution in [0.2, 0.25) is 0 Å². The smallest absolute Gasteiger partial charge is 0.148 e. The number of rotatable bonds is 1. The van der Waals surface area contributed by atoms with Gasteiger partial charge in [0.25, 0.3) is 0 Å². The van der Waals surface area contributed by atoms with Crippen LogP contribution in [0.4, 0.5) is 0 Å². The van der Waals surface area contributed by atoms with Crippen LogP contribution in [0.25, 0.3) is 0 Å². The van der Waals surface area contributed by atoms with Crippen LogP contribution in [0.5, 0.6) is 0 Å². The van der Waals surface area contributed by atoms with Gasteiger partial charge in [-0.05, 0) is 54.8 Å². The molecule has 136 valence electrons. The van der Waals surface area contributed by atoms with Gasteiger partial charge in [-0.3, -0.25) is 4.79 Å². The van der Waals surface area contributed by atoms with Gasteiger partial charge in [-0.2, -0.15) is 0 Å². The lowest BCUT2D eigenvalue weighted by Gasteiger charge is -2.73. The molecule has 0 saturated heterocycles. The topological polar surface area (TPSA) is 57.5 Å². The predicted molar refractivity (Wildman–Crippen MR) is 93.2 cm³/mol. The molecule has 24 heavy (non-hydrogen) atoms. The minimum absolute atomic E-state index is 0.00721. The molecule has 3 nitrogen and oxygen atoms in total. The number of fused-ring (bicyclic) bond motifs is 1. The Labute approximate surface area is 146 Å². The lowest BCUT2D eigenvalue weighted by atomic mass is 9.32. The number of aliphatic hydroxyl groups excluding tert-OH is 1. The number of hydrogen-bond donors (Lipinski definition) is 2. The van der Waals surface area contributed by atoms with Crippen molar-refractivity contribution in [3.05, 3.63) is 0 Å². The summed E-state index contributed by atoms with van der Waals surface area (Å²) in [5, 5.41) is 23.4. The second-order valence-corrected chi connectivity index (χ2v) is 10.4. The lowest BCUT2D eigenvalue weighted by molar-refractivity contribution is -0.316. The van der Waals surface area contributed by atoms with E-state index < -0.39 is 22.5 Å². The third-order valence-corrected chi connectivity index (χ3v) is 9.04. The van der Waals surface area contributed by atoms with Crippen molar-refractivity contribution in [3.63, 3.8) is 0 Å². The van der Waals surface area contributed by atoms with E-state index in [1.54, 1.807) is 0 Å². The van der Waals surface area contributed by atoms with Gasteiger partial charge in [-0.1, -0.05) is 41.5 Å². The second-order valence-electron chi connectivity index (χ2n) is 10.4.